The predicted octanol–water partition coefficient (Wildman–Crippen LogP) is 0.987. The Balaban J connectivity index is 0.00000261. The van der Waals surface area contributed by atoms with Crippen LogP contribution in [0.4, 0.5) is 0 Å². The Morgan fingerprint density at radius 3 is 2.56 bits per heavy atom. The molecule has 27 heavy (non-hydrogen) atoms. The molecule has 0 saturated heterocycles. The summed E-state index contributed by atoms with van der Waals surface area (Å²) in [6.07, 6.45) is 11.5. The van der Waals surface area contributed by atoms with Crippen molar-refractivity contribution in [3.8, 4) is 17.6 Å². The molecule has 1 fully saturated rings. The summed E-state index contributed by atoms with van der Waals surface area (Å²) < 4.78 is 5.97. The minimum Gasteiger partial charge on any atom is -0.550 e. The molecule has 3 rings (SSSR count). The average molecular weight is 374 g/mol. The number of hydrogen-bond acceptors (Lipinski definition) is 3. The quantitative estimate of drug-likeness (QED) is 0.424. The van der Waals surface area contributed by atoms with Crippen LogP contribution in [-0.4, -0.2) is 12.6 Å². The van der Waals surface area contributed by atoms with Crippen LogP contribution in [0.1, 0.15) is 69.8 Å². The maximum absolute atomic E-state index is 10.9. The van der Waals surface area contributed by atoms with E-state index in [0.717, 1.165) is 11.3 Å². The van der Waals surface area contributed by atoms with E-state index in [1.54, 1.807) is 6.92 Å². The van der Waals surface area contributed by atoms with Crippen molar-refractivity contribution in [1.29, 1.82) is 0 Å². The van der Waals surface area contributed by atoms with Gasteiger partial charge in [-0.3, -0.25) is 0 Å². The molecule has 0 heterocycles. The Kier molecular flexibility index (Phi) is 8.48. The SMILES string of the molecule is CC#C[C@@H](CC(=O)[O-])c1ccc(OCC2=CCC3(CCCCC3)C2)cc1.[Na+]. The molecular formula is C23H27NaO3. The largest absolute Gasteiger partial charge is 1.00 e. The first-order valence-electron chi connectivity index (χ1n) is 9.63. The summed E-state index contributed by atoms with van der Waals surface area (Å²) in [6.45, 7) is 2.37. The molecule has 138 valence electrons. The second-order valence-corrected chi connectivity index (χ2v) is 7.68. The molecule has 0 aliphatic heterocycles. The van der Waals surface area contributed by atoms with Crippen molar-refractivity contribution in [2.24, 2.45) is 5.41 Å². The minimum absolute atomic E-state index is 0. The topological polar surface area (TPSA) is 49.4 Å². The Morgan fingerprint density at radius 1 is 1.22 bits per heavy atom. The van der Waals surface area contributed by atoms with Crippen LogP contribution in [0.2, 0.25) is 0 Å². The smallest absolute Gasteiger partial charge is 0.550 e. The van der Waals surface area contributed by atoms with E-state index >= 15 is 0 Å². The van der Waals surface area contributed by atoms with Crippen molar-refractivity contribution >= 4 is 5.97 Å². The van der Waals surface area contributed by atoms with Gasteiger partial charge in [-0.25, -0.2) is 0 Å². The number of allylic oxidation sites excluding steroid dienone is 1. The van der Waals surface area contributed by atoms with Crippen LogP contribution in [-0.2, 0) is 4.79 Å². The van der Waals surface area contributed by atoms with Crippen LogP contribution in [0.25, 0.3) is 0 Å². The molecule has 1 aromatic rings. The van der Waals surface area contributed by atoms with Crippen molar-refractivity contribution in [3.05, 3.63) is 41.5 Å². The van der Waals surface area contributed by atoms with Gasteiger partial charge in [-0.2, -0.15) is 0 Å². The van der Waals surface area contributed by atoms with E-state index in [0.29, 0.717) is 12.0 Å². The molecule has 2 aliphatic carbocycles. The van der Waals surface area contributed by atoms with E-state index in [2.05, 4.69) is 17.9 Å². The van der Waals surface area contributed by atoms with Crippen LogP contribution in [0, 0.1) is 17.3 Å². The molecule has 1 spiro atoms. The number of hydrogen-bond donors (Lipinski definition) is 0. The van der Waals surface area contributed by atoms with Gasteiger partial charge in [0.05, 0.1) is 5.92 Å². The third-order valence-corrected chi connectivity index (χ3v) is 5.74. The van der Waals surface area contributed by atoms with Gasteiger partial charge in [-0.1, -0.05) is 43.4 Å². The molecule has 0 amide bonds. The van der Waals surface area contributed by atoms with E-state index < -0.39 is 5.97 Å². The molecule has 2 aliphatic rings. The van der Waals surface area contributed by atoms with E-state index in [4.69, 9.17) is 4.74 Å². The number of rotatable bonds is 6. The third kappa shape index (κ3) is 6.14. The van der Waals surface area contributed by atoms with Gasteiger partial charge in [0.1, 0.15) is 12.4 Å². The van der Waals surface area contributed by atoms with E-state index in [-0.39, 0.29) is 41.9 Å². The number of aliphatic carboxylic acids is 1. The first-order chi connectivity index (χ1) is 12.6. The maximum atomic E-state index is 10.9. The van der Waals surface area contributed by atoms with E-state index in [1.807, 2.05) is 24.3 Å². The van der Waals surface area contributed by atoms with Crippen LogP contribution in [0.15, 0.2) is 35.9 Å². The fourth-order valence-electron chi connectivity index (χ4n) is 4.34. The predicted molar refractivity (Wildman–Crippen MR) is 101 cm³/mol. The van der Waals surface area contributed by atoms with Crippen LogP contribution < -0.4 is 39.4 Å². The monoisotopic (exact) mass is 374 g/mol. The molecule has 3 nitrogen and oxygen atoms in total. The van der Waals surface area contributed by atoms with Gasteiger partial charge in [0, 0.05) is 12.4 Å². The summed E-state index contributed by atoms with van der Waals surface area (Å²) in [5, 5.41) is 10.9. The molecule has 0 radical (unpaired) electrons. The van der Waals surface area contributed by atoms with Gasteiger partial charge in [-0.15, -0.1) is 5.92 Å². The first-order valence-corrected chi connectivity index (χ1v) is 9.63. The zero-order valence-electron chi connectivity index (χ0n) is 16.6. The molecule has 0 aromatic heterocycles. The average Bonchev–Trinajstić information content (AvgIpc) is 3.03. The summed E-state index contributed by atoms with van der Waals surface area (Å²) in [7, 11) is 0. The number of carboxylic acids is 1. The fraction of sp³-hybridized carbons (Fsp3) is 0.522. The van der Waals surface area contributed by atoms with E-state index in [1.165, 1.54) is 50.5 Å². The molecular weight excluding hydrogens is 347 g/mol. The van der Waals surface area contributed by atoms with Gasteiger partial charge in [-0.05, 0) is 61.3 Å². The maximum Gasteiger partial charge on any atom is 1.00 e. The van der Waals surface area contributed by atoms with Gasteiger partial charge in [0.2, 0.25) is 0 Å². The van der Waals surface area contributed by atoms with E-state index in [9.17, 15) is 9.90 Å². The first kappa shape index (κ1) is 22.1. The Hall–Kier alpha value is -1.21. The third-order valence-electron chi connectivity index (χ3n) is 5.74. The number of carbonyl (C=O) groups excluding carboxylic acids is 1. The van der Waals surface area contributed by atoms with Crippen LogP contribution in [0.5, 0.6) is 5.75 Å². The normalized spacial score (nSPS) is 18.6. The summed E-state index contributed by atoms with van der Waals surface area (Å²) in [6, 6.07) is 7.61. The van der Waals surface area contributed by atoms with Crippen molar-refractivity contribution in [2.75, 3.05) is 6.61 Å². The van der Waals surface area contributed by atoms with Crippen molar-refractivity contribution in [2.45, 2.75) is 64.2 Å². The van der Waals surface area contributed by atoms with Crippen molar-refractivity contribution < 1.29 is 44.2 Å². The molecule has 1 aromatic carbocycles. The fourth-order valence-corrected chi connectivity index (χ4v) is 4.34. The second-order valence-electron chi connectivity index (χ2n) is 7.68. The van der Waals surface area contributed by atoms with Crippen LogP contribution in [0.3, 0.4) is 0 Å². The summed E-state index contributed by atoms with van der Waals surface area (Å²) >= 11 is 0. The van der Waals surface area contributed by atoms with Gasteiger partial charge >= 0.3 is 29.6 Å². The molecule has 1 atom stereocenters. The molecule has 4 heteroatoms. The molecule has 0 unspecified atom stereocenters. The standard InChI is InChI=1S/C23H28O3.Na/c1-2-6-20(15-22(24)25)19-7-9-21(10-8-19)26-17-18-11-14-23(16-18)12-4-3-5-13-23;/h7-11,20H,3-5,12-17H2,1H3,(H,24,25);/q;+1/p-1/t20-;/m0./s1. The second kappa shape index (κ2) is 10.4. The molecule has 0 bridgehead atoms. The van der Waals surface area contributed by atoms with Gasteiger partial charge in [0.15, 0.2) is 0 Å². The van der Waals surface area contributed by atoms with Crippen molar-refractivity contribution in [1.82, 2.24) is 0 Å². The number of carbonyl (C=O) groups is 1. The van der Waals surface area contributed by atoms with Gasteiger partial charge < -0.3 is 14.6 Å². The summed E-state index contributed by atoms with van der Waals surface area (Å²) in [4.78, 5) is 10.9. The Labute approximate surface area is 184 Å². The summed E-state index contributed by atoms with van der Waals surface area (Å²) in [5.74, 6) is 5.14. The zero-order chi connectivity index (χ0) is 18.4. The Bertz CT molecular complexity index is 718. The van der Waals surface area contributed by atoms with Crippen LogP contribution >= 0.6 is 0 Å². The number of carboxylic acid groups (broad SMARTS) is 1. The zero-order valence-corrected chi connectivity index (χ0v) is 18.6. The Morgan fingerprint density at radius 2 is 1.93 bits per heavy atom. The summed E-state index contributed by atoms with van der Waals surface area (Å²) in [5.41, 5.74) is 2.83. The molecule has 1 saturated carbocycles. The van der Waals surface area contributed by atoms with Gasteiger partial charge in [0.25, 0.3) is 0 Å². The molecule has 0 N–H and O–H groups in total. The van der Waals surface area contributed by atoms with Crippen molar-refractivity contribution in [3.63, 3.8) is 0 Å². The number of ether oxygens (including phenoxy) is 1. The number of benzene rings is 1. The minimum atomic E-state index is -1.08.